The molecule has 118 valence electrons. The smallest absolute Gasteiger partial charge is 0.466 e. The summed E-state index contributed by atoms with van der Waals surface area (Å²) in [6.45, 7) is 0. The molecule has 0 spiro atoms. The molecular formula is C15H18O6Si. The molecule has 6 nitrogen and oxygen atoms in total. The number of Topliss-reactive ketones (excluding diaryl/α,β-unsaturated/α-hetero) is 1. The molecule has 1 unspecified atom stereocenters. The number of hydrogen-bond donors (Lipinski definition) is 0. The molecule has 3 rings (SSSR count). The molecule has 0 N–H and O–H groups in total. The first kappa shape index (κ1) is 15.2. The van der Waals surface area contributed by atoms with Gasteiger partial charge in [0, 0.05) is 20.3 Å². The molecule has 7 heteroatoms. The van der Waals surface area contributed by atoms with Gasteiger partial charge in [0.2, 0.25) is 5.78 Å². The van der Waals surface area contributed by atoms with Crippen LogP contribution in [0.15, 0.2) is 45.6 Å². The van der Waals surface area contributed by atoms with Crippen molar-refractivity contribution in [3.63, 3.8) is 0 Å². The molecule has 2 aromatic heterocycles. The molecule has 3 heterocycles. The summed E-state index contributed by atoms with van der Waals surface area (Å²) in [5, 5.41) is 0. The van der Waals surface area contributed by atoms with E-state index in [9.17, 15) is 4.79 Å². The van der Waals surface area contributed by atoms with Crippen LogP contribution in [0.4, 0.5) is 0 Å². The van der Waals surface area contributed by atoms with E-state index in [1.165, 1.54) is 12.5 Å². The number of rotatable bonds is 5. The van der Waals surface area contributed by atoms with Gasteiger partial charge in [-0.05, 0) is 37.1 Å². The highest BCUT2D eigenvalue weighted by molar-refractivity contribution is 6.61. The lowest BCUT2D eigenvalue weighted by atomic mass is 9.88. The average Bonchev–Trinajstić information content (AvgIpc) is 3.27. The Labute approximate surface area is 129 Å². The van der Waals surface area contributed by atoms with Gasteiger partial charge in [0.1, 0.15) is 5.76 Å². The molecule has 1 saturated heterocycles. The van der Waals surface area contributed by atoms with Crippen LogP contribution in [-0.4, -0.2) is 28.8 Å². The topological polar surface area (TPSA) is 71.0 Å². The standard InChI is InChI=1S/C15H18O6Si/c1-17-22(18-2)11-5-8-15(21-22,13-7-4-10-20-13)14(16)12-6-3-9-19-12/h3-4,6-7,9-10H,5,8,11H2,1-2H3. The molecule has 0 saturated carbocycles. The average molecular weight is 322 g/mol. The van der Waals surface area contributed by atoms with Crippen molar-refractivity contribution in [2.24, 2.45) is 0 Å². The van der Waals surface area contributed by atoms with E-state index < -0.39 is 14.4 Å². The fraction of sp³-hybridized carbons (Fsp3) is 0.400. The Morgan fingerprint density at radius 2 is 1.91 bits per heavy atom. The van der Waals surface area contributed by atoms with Crippen LogP contribution < -0.4 is 0 Å². The zero-order valence-electron chi connectivity index (χ0n) is 12.5. The van der Waals surface area contributed by atoms with Crippen LogP contribution in [0.2, 0.25) is 6.04 Å². The third-order valence-electron chi connectivity index (χ3n) is 3.99. The normalized spacial score (nSPS) is 24.3. The fourth-order valence-corrected chi connectivity index (χ4v) is 5.13. The van der Waals surface area contributed by atoms with Crippen molar-refractivity contribution in [2.45, 2.75) is 24.5 Å². The second kappa shape index (κ2) is 5.84. The predicted molar refractivity (Wildman–Crippen MR) is 78.3 cm³/mol. The monoisotopic (exact) mass is 322 g/mol. The van der Waals surface area contributed by atoms with E-state index >= 15 is 0 Å². The Morgan fingerprint density at radius 1 is 1.18 bits per heavy atom. The van der Waals surface area contributed by atoms with E-state index in [0.717, 1.165) is 6.42 Å². The summed E-state index contributed by atoms with van der Waals surface area (Å²) < 4.78 is 28.0. The third-order valence-corrected chi connectivity index (χ3v) is 6.86. The van der Waals surface area contributed by atoms with Crippen LogP contribution in [0, 0.1) is 0 Å². The summed E-state index contributed by atoms with van der Waals surface area (Å²) >= 11 is 0. The van der Waals surface area contributed by atoms with Gasteiger partial charge in [0.05, 0.1) is 12.5 Å². The molecule has 1 aliphatic rings. The molecule has 0 bridgehead atoms. The van der Waals surface area contributed by atoms with E-state index in [1.807, 2.05) is 0 Å². The van der Waals surface area contributed by atoms with Crippen molar-refractivity contribution in [2.75, 3.05) is 14.2 Å². The summed E-state index contributed by atoms with van der Waals surface area (Å²) in [5.41, 5.74) is -1.27. The van der Waals surface area contributed by atoms with Gasteiger partial charge in [-0.25, -0.2) is 0 Å². The lowest BCUT2D eigenvalue weighted by Crippen LogP contribution is -2.56. The van der Waals surface area contributed by atoms with Crippen molar-refractivity contribution >= 4 is 14.6 Å². The van der Waals surface area contributed by atoms with Crippen molar-refractivity contribution < 1.29 is 26.9 Å². The first-order chi connectivity index (χ1) is 10.7. The third kappa shape index (κ3) is 2.36. The van der Waals surface area contributed by atoms with Crippen LogP contribution in [0.25, 0.3) is 0 Å². The van der Waals surface area contributed by atoms with Crippen LogP contribution in [0.5, 0.6) is 0 Å². The highest BCUT2D eigenvalue weighted by atomic mass is 28.4. The van der Waals surface area contributed by atoms with E-state index in [4.69, 9.17) is 22.1 Å². The molecule has 2 aromatic rings. The van der Waals surface area contributed by atoms with Gasteiger partial charge in [-0.2, -0.15) is 0 Å². The van der Waals surface area contributed by atoms with Gasteiger partial charge in [-0.15, -0.1) is 0 Å². The van der Waals surface area contributed by atoms with Gasteiger partial charge < -0.3 is 22.1 Å². The zero-order chi connectivity index (χ0) is 15.6. The summed E-state index contributed by atoms with van der Waals surface area (Å²) in [6.07, 6.45) is 4.21. The molecule has 22 heavy (non-hydrogen) atoms. The van der Waals surface area contributed by atoms with Crippen LogP contribution in [0.3, 0.4) is 0 Å². The highest BCUT2D eigenvalue weighted by Crippen LogP contribution is 2.43. The van der Waals surface area contributed by atoms with Crippen molar-refractivity contribution in [3.05, 3.63) is 48.3 Å². The SMILES string of the molecule is CO[Si]1(OC)CCCC(C(=O)c2ccco2)(c2ccco2)O1. The minimum Gasteiger partial charge on any atom is -0.466 e. The van der Waals surface area contributed by atoms with Gasteiger partial charge >= 0.3 is 8.80 Å². The molecule has 0 amide bonds. The summed E-state index contributed by atoms with van der Waals surface area (Å²) in [6, 6.07) is 7.41. The maximum Gasteiger partial charge on any atom is 0.501 e. The Bertz CT molecular complexity index is 617. The highest BCUT2D eigenvalue weighted by Gasteiger charge is 2.57. The van der Waals surface area contributed by atoms with Crippen LogP contribution >= 0.6 is 0 Å². The lowest BCUT2D eigenvalue weighted by molar-refractivity contribution is -0.0395. The lowest BCUT2D eigenvalue weighted by Gasteiger charge is -2.41. The van der Waals surface area contributed by atoms with Gasteiger partial charge in [0.15, 0.2) is 11.4 Å². The molecule has 0 aliphatic carbocycles. The zero-order valence-corrected chi connectivity index (χ0v) is 13.5. The van der Waals surface area contributed by atoms with E-state index in [-0.39, 0.29) is 11.5 Å². The second-order valence-corrected chi connectivity index (χ2v) is 8.04. The van der Waals surface area contributed by atoms with E-state index in [2.05, 4.69) is 0 Å². The quantitative estimate of drug-likeness (QED) is 0.622. The Kier molecular flexibility index (Phi) is 4.05. The first-order valence-electron chi connectivity index (χ1n) is 7.08. The van der Waals surface area contributed by atoms with Crippen LogP contribution in [0.1, 0.15) is 29.2 Å². The van der Waals surface area contributed by atoms with Gasteiger partial charge in [0.25, 0.3) is 0 Å². The van der Waals surface area contributed by atoms with Gasteiger partial charge in [-0.3, -0.25) is 4.79 Å². The second-order valence-electron chi connectivity index (χ2n) is 5.16. The Hall–Kier alpha value is -1.67. The number of hydrogen-bond acceptors (Lipinski definition) is 6. The summed E-state index contributed by atoms with van der Waals surface area (Å²) in [4.78, 5) is 13.0. The number of carbonyl (C=O) groups is 1. The minimum atomic E-state index is -2.92. The molecule has 1 atom stereocenters. The fourth-order valence-electron chi connectivity index (χ4n) is 2.85. The molecule has 0 aromatic carbocycles. The summed E-state index contributed by atoms with van der Waals surface area (Å²) in [7, 11) is 0.174. The van der Waals surface area contributed by atoms with Crippen molar-refractivity contribution in [1.29, 1.82) is 0 Å². The molecule has 0 radical (unpaired) electrons. The Morgan fingerprint density at radius 3 is 2.50 bits per heavy atom. The largest absolute Gasteiger partial charge is 0.501 e. The number of ketones is 1. The number of furan rings is 2. The maximum atomic E-state index is 13.0. The first-order valence-corrected chi connectivity index (χ1v) is 9.02. The predicted octanol–water partition coefficient (Wildman–Crippen LogP) is 2.99. The summed E-state index contributed by atoms with van der Waals surface area (Å²) in [5.74, 6) is 0.395. The van der Waals surface area contributed by atoms with Crippen LogP contribution in [-0.2, 0) is 18.9 Å². The van der Waals surface area contributed by atoms with E-state index in [1.54, 1.807) is 38.5 Å². The number of carbonyl (C=O) groups excluding carboxylic acids is 1. The minimum absolute atomic E-state index is 0.230. The maximum absolute atomic E-state index is 13.0. The van der Waals surface area contributed by atoms with Gasteiger partial charge in [-0.1, -0.05) is 0 Å². The molecular weight excluding hydrogens is 304 g/mol. The Balaban J connectivity index is 2.06. The van der Waals surface area contributed by atoms with E-state index in [0.29, 0.717) is 18.2 Å². The van der Waals surface area contributed by atoms with Crippen molar-refractivity contribution in [1.82, 2.24) is 0 Å². The van der Waals surface area contributed by atoms with Crippen molar-refractivity contribution in [3.8, 4) is 0 Å². The molecule has 1 aliphatic heterocycles. The molecule has 1 fully saturated rings.